The first-order valence-corrected chi connectivity index (χ1v) is 6.92. The lowest BCUT2D eigenvalue weighted by Crippen LogP contribution is -2.05. The van der Waals surface area contributed by atoms with Crippen LogP contribution in [0.15, 0.2) is 47.5 Å². The molecule has 0 aliphatic carbocycles. The van der Waals surface area contributed by atoms with Crippen molar-refractivity contribution in [2.75, 3.05) is 12.4 Å². The van der Waals surface area contributed by atoms with E-state index in [1.165, 1.54) is 0 Å². The molecule has 0 aliphatic rings. The van der Waals surface area contributed by atoms with Gasteiger partial charge >= 0.3 is 0 Å². The Morgan fingerprint density at radius 2 is 2.20 bits per heavy atom. The quantitative estimate of drug-likeness (QED) is 0.797. The van der Waals surface area contributed by atoms with Gasteiger partial charge in [-0.1, -0.05) is 18.2 Å². The van der Waals surface area contributed by atoms with Gasteiger partial charge in [0.2, 0.25) is 0 Å². The van der Waals surface area contributed by atoms with Crippen LogP contribution >= 0.6 is 15.9 Å². The predicted octanol–water partition coefficient (Wildman–Crippen LogP) is 3.11. The molecule has 3 aromatic rings. The van der Waals surface area contributed by atoms with Gasteiger partial charge in [-0.3, -0.25) is 0 Å². The number of anilines is 1. The molecule has 0 saturated carbocycles. The van der Waals surface area contributed by atoms with Crippen molar-refractivity contribution in [1.29, 1.82) is 0 Å². The fraction of sp³-hybridized carbons (Fsp3) is 0.143. The number of imidazole rings is 1. The van der Waals surface area contributed by atoms with Crippen molar-refractivity contribution in [3.63, 3.8) is 0 Å². The molecule has 3 rings (SSSR count). The average Bonchev–Trinajstić information content (AvgIpc) is 2.93. The molecule has 0 bridgehead atoms. The SMILES string of the molecule is COc1ccccc1CNc1nc(Br)cn2ccnc12. The molecule has 0 saturated heterocycles. The first-order valence-electron chi connectivity index (χ1n) is 6.13. The van der Waals surface area contributed by atoms with E-state index in [2.05, 4.69) is 31.2 Å². The minimum absolute atomic E-state index is 0.621. The van der Waals surface area contributed by atoms with Gasteiger partial charge in [-0.05, 0) is 22.0 Å². The Morgan fingerprint density at radius 3 is 3.05 bits per heavy atom. The largest absolute Gasteiger partial charge is 0.496 e. The van der Waals surface area contributed by atoms with Crippen molar-refractivity contribution < 1.29 is 4.74 Å². The second-order valence-corrected chi connectivity index (χ2v) is 5.05. The number of hydrogen-bond acceptors (Lipinski definition) is 4. The van der Waals surface area contributed by atoms with Crippen LogP contribution in [0, 0.1) is 0 Å². The standard InChI is InChI=1S/C14H13BrN4O/c1-20-11-5-3-2-4-10(11)8-17-13-14-16-6-7-19(14)9-12(15)18-13/h2-7,9H,8H2,1H3,(H,17,18). The van der Waals surface area contributed by atoms with Gasteiger partial charge in [-0.15, -0.1) is 0 Å². The van der Waals surface area contributed by atoms with Crippen molar-refractivity contribution in [3.05, 3.63) is 53.0 Å². The van der Waals surface area contributed by atoms with E-state index in [9.17, 15) is 0 Å². The number of ether oxygens (including phenoxy) is 1. The maximum absolute atomic E-state index is 5.34. The number of aromatic nitrogens is 3. The van der Waals surface area contributed by atoms with Gasteiger partial charge in [0, 0.05) is 30.7 Å². The molecule has 2 heterocycles. The number of rotatable bonds is 4. The van der Waals surface area contributed by atoms with E-state index >= 15 is 0 Å². The van der Waals surface area contributed by atoms with Crippen molar-refractivity contribution >= 4 is 27.4 Å². The van der Waals surface area contributed by atoms with Gasteiger partial charge < -0.3 is 14.5 Å². The lowest BCUT2D eigenvalue weighted by molar-refractivity contribution is 0.410. The summed E-state index contributed by atoms with van der Waals surface area (Å²) in [5, 5.41) is 3.30. The van der Waals surface area contributed by atoms with Crippen LogP contribution in [0.4, 0.5) is 5.82 Å². The van der Waals surface area contributed by atoms with Crippen LogP contribution in [0.5, 0.6) is 5.75 Å². The molecule has 0 spiro atoms. The Labute approximate surface area is 124 Å². The van der Waals surface area contributed by atoms with Gasteiger partial charge in [0.25, 0.3) is 0 Å². The third kappa shape index (κ3) is 2.46. The Morgan fingerprint density at radius 1 is 1.35 bits per heavy atom. The van der Waals surface area contributed by atoms with Crippen LogP contribution < -0.4 is 10.1 Å². The van der Waals surface area contributed by atoms with Crippen molar-refractivity contribution in [3.8, 4) is 5.75 Å². The maximum Gasteiger partial charge on any atom is 0.180 e. The smallest absolute Gasteiger partial charge is 0.180 e. The number of benzene rings is 1. The molecule has 0 unspecified atom stereocenters. The number of nitrogens with one attached hydrogen (secondary N) is 1. The molecule has 0 atom stereocenters. The van der Waals surface area contributed by atoms with Crippen LogP contribution in [0.1, 0.15) is 5.56 Å². The fourth-order valence-corrected chi connectivity index (χ4v) is 2.45. The first-order chi connectivity index (χ1) is 9.78. The van der Waals surface area contributed by atoms with Gasteiger partial charge in [0.05, 0.1) is 7.11 Å². The molecule has 1 aromatic carbocycles. The third-order valence-corrected chi connectivity index (χ3v) is 3.37. The number of hydrogen-bond donors (Lipinski definition) is 1. The third-order valence-electron chi connectivity index (χ3n) is 2.98. The molecular weight excluding hydrogens is 320 g/mol. The van der Waals surface area contributed by atoms with E-state index in [0.717, 1.165) is 27.4 Å². The van der Waals surface area contributed by atoms with E-state index in [0.29, 0.717) is 6.54 Å². The highest BCUT2D eigenvalue weighted by Gasteiger charge is 2.07. The molecule has 0 radical (unpaired) electrons. The summed E-state index contributed by atoms with van der Waals surface area (Å²) in [6, 6.07) is 7.90. The van der Waals surface area contributed by atoms with Gasteiger partial charge in [-0.25, -0.2) is 9.97 Å². The van der Waals surface area contributed by atoms with E-state index in [1.54, 1.807) is 13.3 Å². The second-order valence-electron chi connectivity index (χ2n) is 4.24. The number of para-hydroxylation sites is 1. The summed E-state index contributed by atoms with van der Waals surface area (Å²) >= 11 is 3.40. The van der Waals surface area contributed by atoms with Gasteiger partial charge in [0.15, 0.2) is 11.5 Å². The molecule has 0 amide bonds. The highest BCUT2D eigenvalue weighted by Crippen LogP contribution is 2.21. The van der Waals surface area contributed by atoms with Crippen LogP contribution in [0.2, 0.25) is 0 Å². The lowest BCUT2D eigenvalue weighted by Gasteiger charge is -2.10. The molecule has 6 heteroatoms. The summed E-state index contributed by atoms with van der Waals surface area (Å²) in [7, 11) is 1.67. The summed E-state index contributed by atoms with van der Waals surface area (Å²) < 4.78 is 8.01. The van der Waals surface area contributed by atoms with E-state index in [-0.39, 0.29) is 0 Å². The van der Waals surface area contributed by atoms with Gasteiger partial charge in [0.1, 0.15) is 10.4 Å². The zero-order valence-electron chi connectivity index (χ0n) is 10.9. The summed E-state index contributed by atoms with van der Waals surface area (Å²) in [6.45, 7) is 0.621. The Balaban J connectivity index is 1.88. The Kier molecular flexibility index (Phi) is 3.56. The highest BCUT2D eigenvalue weighted by atomic mass is 79.9. The Hall–Kier alpha value is -2.08. The number of fused-ring (bicyclic) bond motifs is 1. The summed E-state index contributed by atoms with van der Waals surface area (Å²) in [4.78, 5) is 8.73. The van der Waals surface area contributed by atoms with Crippen LogP contribution in [-0.2, 0) is 6.54 Å². The average molecular weight is 333 g/mol. The monoisotopic (exact) mass is 332 g/mol. The van der Waals surface area contributed by atoms with E-state index in [4.69, 9.17) is 4.74 Å². The maximum atomic E-state index is 5.34. The topological polar surface area (TPSA) is 51.5 Å². The molecule has 5 nitrogen and oxygen atoms in total. The van der Waals surface area contributed by atoms with Crippen molar-refractivity contribution in [2.45, 2.75) is 6.54 Å². The molecule has 1 N–H and O–H groups in total. The Bertz CT molecular complexity index is 741. The first kappa shape index (κ1) is 12.9. The van der Waals surface area contributed by atoms with Crippen LogP contribution in [0.3, 0.4) is 0 Å². The fourth-order valence-electron chi connectivity index (χ4n) is 2.05. The minimum Gasteiger partial charge on any atom is -0.496 e. The van der Waals surface area contributed by atoms with Gasteiger partial charge in [-0.2, -0.15) is 0 Å². The van der Waals surface area contributed by atoms with Crippen LogP contribution in [-0.4, -0.2) is 21.5 Å². The second kappa shape index (κ2) is 5.50. The lowest BCUT2D eigenvalue weighted by atomic mass is 10.2. The molecule has 102 valence electrons. The summed E-state index contributed by atoms with van der Waals surface area (Å²) in [6.07, 6.45) is 5.50. The summed E-state index contributed by atoms with van der Waals surface area (Å²) in [5.41, 5.74) is 1.87. The predicted molar refractivity (Wildman–Crippen MR) is 81.0 cm³/mol. The number of methoxy groups -OCH3 is 1. The van der Waals surface area contributed by atoms with Crippen LogP contribution in [0.25, 0.3) is 5.65 Å². The number of halogens is 1. The molecule has 2 aromatic heterocycles. The van der Waals surface area contributed by atoms with Crippen molar-refractivity contribution in [1.82, 2.24) is 14.4 Å². The molecule has 20 heavy (non-hydrogen) atoms. The summed E-state index contributed by atoms with van der Waals surface area (Å²) in [5.74, 6) is 1.59. The van der Waals surface area contributed by atoms with Crippen molar-refractivity contribution in [2.24, 2.45) is 0 Å². The highest BCUT2D eigenvalue weighted by molar-refractivity contribution is 9.10. The molecular formula is C14H13BrN4O. The zero-order valence-corrected chi connectivity index (χ0v) is 12.5. The van der Waals surface area contributed by atoms with E-state index < -0.39 is 0 Å². The van der Waals surface area contributed by atoms with E-state index in [1.807, 2.05) is 41.1 Å². The molecule has 0 fully saturated rings. The molecule has 0 aliphatic heterocycles. The normalized spacial score (nSPS) is 10.7. The zero-order chi connectivity index (χ0) is 13.9. The number of nitrogens with zero attached hydrogens (tertiary/aromatic N) is 3. The minimum atomic E-state index is 0.621.